The first-order chi connectivity index (χ1) is 16.0. The third kappa shape index (κ3) is 4.62. The van der Waals surface area contributed by atoms with Crippen LogP contribution in [0.3, 0.4) is 0 Å². The van der Waals surface area contributed by atoms with Crippen molar-refractivity contribution < 1.29 is 8.78 Å². The van der Waals surface area contributed by atoms with Gasteiger partial charge in [0.1, 0.15) is 23.0 Å². The van der Waals surface area contributed by atoms with Crippen LogP contribution in [0, 0.1) is 17.6 Å². The van der Waals surface area contributed by atoms with Crippen molar-refractivity contribution in [1.82, 2.24) is 15.0 Å². The number of nitrogens with one attached hydrogen (secondary N) is 1. The van der Waals surface area contributed by atoms with Crippen molar-refractivity contribution in [1.29, 1.82) is 0 Å². The zero-order valence-electron chi connectivity index (χ0n) is 18.4. The number of hydrogen-bond acceptors (Lipinski definition) is 4. The van der Waals surface area contributed by atoms with Crippen LogP contribution in [-0.2, 0) is 0 Å². The monoisotopic (exact) mass is 466 g/mol. The summed E-state index contributed by atoms with van der Waals surface area (Å²) in [5, 5.41) is 5.01. The van der Waals surface area contributed by atoms with Crippen LogP contribution in [-0.4, -0.2) is 21.0 Å². The standard InChI is InChI=1S/C26H25ClF2N4/c1-15(31-25-20-3-2-4-22(29)24(20)32-26(27)33-25)13-16-5-7-17(8-6-16)19-11-12-30-23-10-9-18(28)14-21(19)23/h2-4,9-12,14-17H,5-8,13H2,1H3,(H,31,32,33)/t15?,16-,17+. The number of benzene rings is 2. The van der Waals surface area contributed by atoms with Gasteiger partial charge < -0.3 is 5.32 Å². The van der Waals surface area contributed by atoms with Crippen LogP contribution in [0.1, 0.15) is 50.5 Å². The van der Waals surface area contributed by atoms with Gasteiger partial charge in [0.2, 0.25) is 5.28 Å². The van der Waals surface area contributed by atoms with E-state index in [1.54, 1.807) is 24.3 Å². The lowest BCUT2D eigenvalue weighted by Crippen LogP contribution is -2.23. The Balaban J connectivity index is 1.25. The van der Waals surface area contributed by atoms with Crippen molar-refractivity contribution in [2.45, 2.75) is 51.0 Å². The van der Waals surface area contributed by atoms with Crippen molar-refractivity contribution in [3.8, 4) is 0 Å². The Morgan fingerprint density at radius 2 is 1.85 bits per heavy atom. The van der Waals surface area contributed by atoms with Gasteiger partial charge in [0.05, 0.1) is 5.52 Å². The molecule has 170 valence electrons. The second-order valence-corrected chi connectivity index (χ2v) is 9.38. The van der Waals surface area contributed by atoms with Gasteiger partial charge in [0.15, 0.2) is 0 Å². The second kappa shape index (κ2) is 9.18. The number of anilines is 1. The number of rotatable bonds is 5. The molecule has 1 saturated carbocycles. The molecule has 2 heterocycles. The van der Waals surface area contributed by atoms with E-state index in [9.17, 15) is 8.78 Å². The summed E-state index contributed by atoms with van der Waals surface area (Å²) in [6.07, 6.45) is 7.16. The first-order valence-corrected chi connectivity index (χ1v) is 11.8. The first kappa shape index (κ1) is 22.0. The molecule has 4 nitrogen and oxygen atoms in total. The molecule has 1 N–H and O–H groups in total. The molecule has 4 aromatic rings. The lowest BCUT2D eigenvalue weighted by molar-refractivity contribution is 0.302. The molecule has 2 aromatic carbocycles. The highest BCUT2D eigenvalue weighted by molar-refractivity contribution is 6.28. The molecule has 33 heavy (non-hydrogen) atoms. The molecule has 1 aliphatic rings. The van der Waals surface area contributed by atoms with E-state index in [0.717, 1.165) is 43.0 Å². The van der Waals surface area contributed by atoms with Gasteiger partial charge in [-0.1, -0.05) is 6.07 Å². The fourth-order valence-corrected chi connectivity index (χ4v) is 5.37. The van der Waals surface area contributed by atoms with Crippen LogP contribution in [0.5, 0.6) is 0 Å². The largest absolute Gasteiger partial charge is 0.367 e. The van der Waals surface area contributed by atoms with Gasteiger partial charge in [-0.25, -0.2) is 18.7 Å². The summed E-state index contributed by atoms with van der Waals surface area (Å²) < 4.78 is 28.0. The molecular weight excluding hydrogens is 442 g/mol. The maximum absolute atomic E-state index is 14.2. The van der Waals surface area contributed by atoms with E-state index in [1.165, 1.54) is 17.7 Å². The van der Waals surface area contributed by atoms with Gasteiger partial charge in [0.25, 0.3) is 0 Å². The molecule has 1 unspecified atom stereocenters. The Bertz CT molecular complexity index is 1300. The van der Waals surface area contributed by atoms with Gasteiger partial charge in [-0.2, -0.15) is 0 Å². The SMILES string of the molecule is CC(C[C@H]1CC[C@@H](c2ccnc3ccc(F)cc32)CC1)Nc1nc(Cl)nc2c(F)cccc12. The van der Waals surface area contributed by atoms with E-state index < -0.39 is 5.82 Å². The fourth-order valence-electron chi connectivity index (χ4n) is 5.20. The van der Waals surface area contributed by atoms with E-state index in [0.29, 0.717) is 23.0 Å². The third-order valence-electron chi connectivity index (χ3n) is 6.74. The smallest absolute Gasteiger partial charge is 0.225 e. The second-order valence-electron chi connectivity index (χ2n) is 9.04. The lowest BCUT2D eigenvalue weighted by Gasteiger charge is -2.31. The van der Waals surface area contributed by atoms with Crippen LogP contribution in [0.2, 0.25) is 5.28 Å². The summed E-state index contributed by atoms with van der Waals surface area (Å²) in [6, 6.07) is 11.8. The van der Waals surface area contributed by atoms with E-state index in [1.807, 2.05) is 12.3 Å². The summed E-state index contributed by atoms with van der Waals surface area (Å²) in [5.74, 6) is 0.936. The molecule has 0 bridgehead atoms. The summed E-state index contributed by atoms with van der Waals surface area (Å²) >= 11 is 6.04. The van der Waals surface area contributed by atoms with E-state index in [2.05, 4.69) is 27.2 Å². The van der Waals surface area contributed by atoms with Crippen molar-refractivity contribution in [3.05, 3.63) is 71.1 Å². The maximum Gasteiger partial charge on any atom is 0.225 e. The summed E-state index contributed by atoms with van der Waals surface area (Å²) in [7, 11) is 0. The van der Waals surface area contributed by atoms with Gasteiger partial charge in [-0.15, -0.1) is 0 Å². The average molecular weight is 467 g/mol. The zero-order chi connectivity index (χ0) is 22.9. The molecule has 1 aliphatic carbocycles. The number of aromatic nitrogens is 3. The summed E-state index contributed by atoms with van der Waals surface area (Å²) in [4.78, 5) is 12.7. The Morgan fingerprint density at radius 1 is 1.03 bits per heavy atom. The van der Waals surface area contributed by atoms with Crippen molar-refractivity contribution >= 4 is 39.2 Å². The van der Waals surface area contributed by atoms with Gasteiger partial charge >= 0.3 is 0 Å². The highest BCUT2D eigenvalue weighted by Gasteiger charge is 2.25. The van der Waals surface area contributed by atoms with Crippen molar-refractivity contribution in [2.75, 3.05) is 5.32 Å². The van der Waals surface area contributed by atoms with Gasteiger partial charge in [-0.3, -0.25) is 4.98 Å². The molecule has 5 rings (SSSR count). The number of fused-ring (bicyclic) bond motifs is 2. The minimum atomic E-state index is -0.408. The van der Waals surface area contributed by atoms with Crippen LogP contribution in [0.4, 0.5) is 14.6 Å². The Kier molecular flexibility index (Phi) is 6.11. The number of halogens is 3. The number of nitrogens with zero attached hydrogens (tertiary/aromatic N) is 3. The Morgan fingerprint density at radius 3 is 2.67 bits per heavy atom. The highest BCUT2D eigenvalue weighted by atomic mass is 35.5. The van der Waals surface area contributed by atoms with Crippen LogP contribution >= 0.6 is 11.6 Å². The molecule has 0 spiro atoms. The minimum absolute atomic E-state index is 0.0313. The molecule has 0 aliphatic heterocycles. The number of pyridine rings is 1. The fraction of sp³-hybridized carbons (Fsp3) is 0.346. The predicted octanol–water partition coefficient (Wildman–Crippen LogP) is 7.27. The van der Waals surface area contributed by atoms with Crippen LogP contribution in [0.25, 0.3) is 21.8 Å². The molecule has 2 aromatic heterocycles. The molecule has 0 radical (unpaired) electrons. The summed E-state index contributed by atoms with van der Waals surface area (Å²) in [6.45, 7) is 2.12. The summed E-state index contributed by atoms with van der Waals surface area (Å²) in [5.41, 5.74) is 2.28. The average Bonchev–Trinajstić information content (AvgIpc) is 2.80. The van der Waals surface area contributed by atoms with Gasteiger partial charge in [0, 0.05) is 23.0 Å². The zero-order valence-corrected chi connectivity index (χ0v) is 19.1. The van der Waals surface area contributed by atoms with Crippen molar-refractivity contribution in [3.63, 3.8) is 0 Å². The number of para-hydroxylation sites is 1. The molecule has 1 atom stereocenters. The molecule has 7 heteroatoms. The maximum atomic E-state index is 14.2. The predicted molar refractivity (Wildman–Crippen MR) is 129 cm³/mol. The van der Waals surface area contributed by atoms with E-state index in [4.69, 9.17) is 11.6 Å². The molecular formula is C26H25ClF2N4. The topological polar surface area (TPSA) is 50.7 Å². The normalized spacial score (nSPS) is 19.6. The van der Waals surface area contributed by atoms with E-state index >= 15 is 0 Å². The number of hydrogen-bond donors (Lipinski definition) is 1. The Hall–Kier alpha value is -2.86. The quantitative estimate of drug-likeness (QED) is 0.314. The Labute approximate surface area is 196 Å². The van der Waals surface area contributed by atoms with Crippen molar-refractivity contribution in [2.24, 2.45) is 5.92 Å². The van der Waals surface area contributed by atoms with Gasteiger partial charge in [-0.05, 0) is 104 Å². The minimum Gasteiger partial charge on any atom is -0.367 e. The molecule has 1 fully saturated rings. The highest BCUT2D eigenvalue weighted by Crippen LogP contribution is 2.40. The van der Waals surface area contributed by atoms with E-state index in [-0.39, 0.29) is 22.7 Å². The van der Waals surface area contributed by atoms with Crippen LogP contribution < -0.4 is 5.32 Å². The lowest BCUT2D eigenvalue weighted by atomic mass is 9.76. The van der Waals surface area contributed by atoms with Crippen LogP contribution in [0.15, 0.2) is 48.7 Å². The molecule has 0 saturated heterocycles. The third-order valence-corrected chi connectivity index (χ3v) is 6.91. The first-order valence-electron chi connectivity index (χ1n) is 11.4. The molecule has 0 amide bonds.